The Hall–Kier alpha value is -3.64. The fraction of sp³-hybridized carbons (Fsp3) is 0.346. The van der Waals surface area contributed by atoms with Crippen LogP contribution in [0.5, 0.6) is 0 Å². The summed E-state index contributed by atoms with van der Waals surface area (Å²) < 4.78 is 47.2. The van der Waals surface area contributed by atoms with Crippen LogP contribution in [0, 0.1) is 33.9 Å². The van der Waals surface area contributed by atoms with Gasteiger partial charge in [-0.2, -0.15) is 0 Å². The third kappa shape index (κ3) is 5.08. The third-order valence-electron chi connectivity index (χ3n) is 6.14. The monoisotopic (exact) mass is 481 g/mol. The van der Waals surface area contributed by atoms with Crippen molar-refractivity contribution in [1.29, 1.82) is 10.8 Å². The first-order chi connectivity index (χ1) is 16.6. The maximum Gasteiger partial charge on any atom is 0.261 e. The van der Waals surface area contributed by atoms with E-state index in [2.05, 4.69) is 22.1 Å². The standard InChI is InChI=1S/C16H17F2NO.C10H9FN4/c1-15(17,18)16(7-8-16)6-5-12-3-2-4-14-13(12)11-20-10-9-19-14;1-6(12)15-9-4-2-3-8(11)7(9)5-14-10(15)13/h2-4,19H,7-11H2,1H3;2-5,12-13H,1H3. The molecule has 35 heavy (non-hydrogen) atoms. The number of anilines is 1. The average molecular weight is 482 g/mol. The molecular formula is C26H26F3N5O. The van der Waals surface area contributed by atoms with Crippen LogP contribution in [0.15, 0.2) is 42.6 Å². The van der Waals surface area contributed by atoms with Gasteiger partial charge in [0.2, 0.25) is 5.62 Å². The van der Waals surface area contributed by atoms with E-state index in [1.54, 1.807) is 12.1 Å². The Morgan fingerprint density at radius 1 is 1.23 bits per heavy atom. The molecule has 6 nitrogen and oxygen atoms in total. The second-order valence-electron chi connectivity index (χ2n) is 8.71. The molecule has 9 heteroatoms. The van der Waals surface area contributed by atoms with Crippen molar-refractivity contribution >= 4 is 22.4 Å². The summed E-state index contributed by atoms with van der Waals surface area (Å²) in [6.07, 6.45) is 2.27. The van der Waals surface area contributed by atoms with Crippen LogP contribution < -0.4 is 10.9 Å². The molecule has 1 aliphatic carbocycles. The van der Waals surface area contributed by atoms with Crippen molar-refractivity contribution in [3.8, 4) is 11.8 Å². The molecule has 0 amide bonds. The molecule has 0 saturated heterocycles. The molecule has 2 aromatic carbocycles. The summed E-state index contributed by atoms with van der Waals surface area (Å²) in [5, 5.41) is 18.6. The van der Waals surface area contributed by atoms with Gasteiger partial charge in [-0.05, 0) is 44.0 Å². The van der Waals surface area contributed by atoms with Gasteiger partial charge in [0.25, 0.3) is 5.92 Å². The number of rotatable bonds is 1. The molecule has 2 aliphatic rings. The summed E-state index contributed by atoms with van der Waals surface area (Å²) in [6, 6.07) is 10.3. The molecule has 1 aromatic heterocycles. The fourth-order valence-electron chi connectivity index (χ4n) is 3.93. The molecule has 1 fully saturated rings. The van der Waals surface area contributed by atoms with Crippen molar-refractivity contribution in [3.05, 3.63) is 65.2 Å². The Morgan fingerprint density at radius 3 is 2.66 bits per heavy atom. The minimum Gasteiger partial charge on any atom is -0.382 e. The molecule has 0 radical (unpaired) electrons. The number of aromatic nitrogens is 2. The van der Waals surface area contributed by atoms with E-state index in [4.69, 9.17) is 15.6 Å². The lowest BCUT2D eigenvalue weighted by Crippen LogP contribution is -2.27. The van der Waals surface area contributed by atoms with Crippen molar-refractivity contribution in [2.75, 3.05) is 18.5 Å². The number of ether oxygens (including phenoxy) is 1. The Kier molecular flexibility index (Phi) is 6.68. The number of hydrogen-bond acceptors (Lipinski definition) is 5. The van der Waals surface area contributed by atoms with Gasteiger partial charge in [-0.25, -0.2) is 18.2 Å². The largest absolute Gasteiger partial charge is 0.382 e. The molecule has 182 valence electrons. The van der Waals surface area contributed by atoms with Crippen LogP contribution in [0.4, 0.5) is 18.9 Å². The second-order valence-corrected chi connectivity index (χ2v) is 8.71. The van der Waals surface area contributed by atoms with Gasteiger partial charge in [0.1, 0.15) is 11.7 Å². The minimum atomic E-state index is -2.74. The molecule has 3 N–H and O–H groups in total. The number of hydrogen-bond donors (Lipinski definition) is 3. The number of benzene rings is 2. The highest BCUT2D eigenvalue weighted by atomic mass is 19.3. The SMILES string of the molecule is CC(=N)n1c(=N)ncc2c(F)cccc21.CC(F)(F)C1(C#Cc2cccc3c2COCCN3)CC1. The van der Waals surface area contributed by atoms with Crippen LogP contribution in [-0.4, -0.2) is 34.5 Å². The molecule has 0 bridgehead atoms. The second kappa shape index (κ2) is 9.55. The van der Waals surface area contributed by atoms with Crippen molar-refractivity contribution in [3.63, 3.8) is 0 Å². The Morgan fingerprint density at radius 2 is 1.97 bits per heavy atom. The number of nitrogens with one attached hydrogen (secondary N) is 3. The highest BCUT2D eigenvalue weighted by Crippen LogP contribution is 2.56. The Bertz CT molecular complexity index is 1390. The smallest absolute Gasteiger partial charge is 0.261 e. The van der Waals surface area contributed by atoms with E-state index in [0.29, 0.717) is 37.0 Å². The maximum atomic E-state index is 13.5. The molecule has 5 rings (SSSR count). The Balaban J connectivity index is 0.000000172. The summed E-state index contributed by atoms with van der Waals surface area (Å²) in [5.74, 6) is 2.79. The zero-order valence-corrected chi connectivity index (χ0v) is 19.5. The number of halogens is 3. The lowest BCUT2D eigenvalue weighted by Gasteiger charge is -2.16. The maximum absolute atomic E-state index is 13.5. The van der Waals surface area contributed by atoms with Gasteiger partial charge >= 0.3 is 0 Å². The molecule has 0 atom stereocenters. The van der Waals surface area contributed by atoms with Crippen molar-refractivity contribution in [2.45, 2.75) is 39.2 Å². The van der Waals surface area contributed by atoms with E-state index in [9.17, 15) is 13.2 Å². The summed E-state index contributed by atoms with van der Waals surface area (Å²) in [6.45, 7) is 4.36. The number of nitrogens with zero attached hydrogens (tertiary/aromatic N) is 2. The Labute approximate surface area is 201 Å². The van der Waals surface area contributed by atoms with Gasteiger partial charge in [-0.1, -0.05) is 24.0 Å². The lowest BCUT2D eigenvalue weighted by molar-refractivity contribution is -0.0294. The first-order valence-corrected chi connectivity index (χ1v) is 11.2. The van der Waals surface area contributed by atoms with Crippen LogP contribution in [-0.2, 0) is 11.3 Å². The van der Waals surface area contributed by atoms with Gasteiger partial charge in [-0.3, -0.25) is 15.4 Å². The normalized spacial score (nSPS) is 15.9. The van der Waals surface area contributed by atoms with Crippen LogP contribution in [0.3, 0.4) is 0 Å². The molecule has 1 aliphatic heterocycles. The van der Waals surface area contributed by atoms with Crippen molar-refractivity contribution in [2.24, 2.45) is 5.41 Å². The van der Waals surface area contributed by atoms with Crippen LogP contribution in [0.25, 0.3) is 10.9 Å². The first kappa shape index (κ1) is 24.5. The van der Waals surface area contributed by atoms with Crippen LogP contribution in [0.1, 0.15) is 37.8 Å². The predicted octanol–water partition coefficient (Wildman–Crippen LogP) is 4.92. The van der Waals surface area contributed by atoms with Crippen molar-refractivity contribution < 1.29 is 17.9 Å². The lowest BCUT2D eigenvalue weighted by atomic mass is 9.98. The molecule has 0 unspecified atom stereocenters. The topological polar surface area (TPSA) is 86.8 Å². The highest BCUT2D eigenvalue weighted by molar-refractivity contribution is 5.90. The quantitative estimate of drug-likeness (QED) is 0.262. The fourth-order valence-corrected chi connectivity index (χ4v) is 3.93. The van der Waals surface area contributed by atoms with Crippen LogP contribution >= 0.6 is 0 Å². The zero-order chi connectivity index (χ0) is 25.2. The summed E-state index contributed by atoms with van der Waals surface area (Å²) in [5.41, 5.74) is 2.04. The molecule has 3 aromatic rings. The van der Waals surface area contributed by atoms with E-state index in [1.165, 1.54) is 23.8 Å². The van der Waals surface area contributed by atoms with Crippen LogP contribution in [0.2, 0.25) is 0 Å². The molecule has 2 heterocycles. The van der Waals surface area contributed by atoms with E-state index < -0.39 is 17.2 Å². The molecular weight excluding hydrogens is 455 g/mol. The van der Waals surface area contributed by atoms with Gasteiger partial charge in [0, 0.05) is 36.5 Å². The first-order valence-electron chi connectivity index (χ1n) is 11.2. The number of fused-ring (bicyclic) bond motifs is 2. The van der Waals surface area contributed by atoms with Gasteiger partial charge in [-0.15, -0.1) is 0 Å². The van der Waals surface area contributed by atoms with Gasteiger partial charge in [0.05, 0.1) is 29.5 Å². The van der Waals surface area contributed by atoms with Gasteiger partial charge < -0.3 is 10.1 Å². The van der Waals surface area contributed by atoms with Gasteiger partial charge in [0.15, 0.2) is 0 Å². The zero-order valence-electron chi connectivity index (χ0n) is 19.5. The number of alkyl halides is 2. The third-order valence-corrected chi connectivity index (χ3v) is 6.14. The summed E-state index contributed by atoms with van der Waals surface area (Å²) in [7, 11) is 0. The van der Waals surface area contributed by atoms with E-state index >= 15 is 0 Å². The molecule has 1 saturated carbocycles. The predicted molar refractivity (Wildman–Crippen MR) is 128 cm³/mol. The molecule has 0 spiro atoms. The highest BCUT2D eigenvalue weighted by Gasteiger charge is 2.58. The van der Waals surface area contributed by atoms with E-state index in [0.717, 1.165) is 30.3 Å². The van der Waals surface area contributed by atoms with E-state index in [1.807, 2.05) is 18.2 Å². The van der Waals surface area contributed by atoms with E-state index in [-0.39, 0.29) is 11.5 Å². The minimum absolute atomic E-state index is 0.0689. The average Bonchev–Trinajstić information content (AvgIpc) is 3.62. The summed E-state index contributed by atoms with van der Waals surface area (Å²) in [4.78, 5) is 3.74. The summed E-state index contributed by atoms with van der Waals surface area (Å²) >= 11 is 0. The van der Waals surface area contributed by atoms with Crippen molar-refractivity contribution in [1.82, 2.24) is 9.55 Å².